The van der Waals surface area contributed by atoms with Crippen LogP contribution in [0.3, 0.4) is 0 Å². The van der Waals surface area contributed by atoms with Crippen molar-refractivity contribution >= 4 is 11.8 Å². The molecule has 3 aliphatic heterocycles. The summed E-state index contributed by atoms with van der Waals surface area (Å²) in [5.41, 5.74) is 1.16. The first-order chi connectivity index (χ1) is 8.20. The van der Waals surface area contributed by atoms with Gasteiger partial charge >= 0.3 is 0 Å². The van der Waals surface area contributed by atoms with Gasteiger partial charge in [0.05, 0.1) is 4.87 Å². The molecule has 2 bridgehead atoms. The first kappa shape index (κ1) is 11.1. The Morgan fingerprint density at radius 3 is 3.00 bits per heavy atom. The molecule has 3 aliphatic rings. The average Bonchev–Trinajstić information content (AvgIpc) is 2.82. The van der Waals surface area contributed by atoms with Gasteiger partial charge in [-0.2, -0.15) is 10.5 Å². The van der Waals surface area contributed by atoms with E-state index in [0.29, 0.717) is 0 Å². The summed E-state index contributed by atoms with van der Waals surface area (Å²) in [6.07, 6.45) is 1.82. The summed E-state index contributed by atoms with van der Waals surface area (Å²) in [5.74, 6) is 1.11. The third-order valence-corrected chi connectivity index (χ3v) is 5.37. The minimum absolute atomic E-state index is 0.0740. The van der Waals surface area contributed by atoms with Crippen molar-refractivity contribution in [2.75, 3.05) is 12.3 Å². The number of ether oxygens (including phenoxy) is 1. The van der Waals surface area contributed by atoms with Gasteiger partial charge in [-0.05, 0) is 25.3 Å². The van der Waals surface area contributed by atoms with E-state index >= 15 is 0 Å². The second kappa shape index (κ2) is 3.74. The van der Waals surface area contributed by atoms with Gasteiger partial charge in [-0.3, -0.25) is 4.90 Å². The Kier molecular flexibility index (Phi) is 2.45. The number of nitriles is 2. The number of rotatable bonds is 0. The molecule has 0 N–H and O–H groups in total. The smallest absolute Gasteiger partial charge is 0.131 e. The fourth-order valence-electron chi connectivity index (χ4n) is 3.13. The van der Waals surface area contributed by atoms with Crippen LogP contribution in [0.5, 0.6) is 0 Å². The zero-order valence-electron chi connectivity index (χ0n) is 9.64. The van der Waals surface area contributed by atoms with E-state index in [1.807, 2.05) is 23.9 Å². The molecule has 3 atom stereocenters. The minimum Gasteiger partial charge on any atom is -0.353 e. The molecule has 17 heavy (non-hydrogen) atoms. The van der Waals surface area contributed by atoms with E-state index in [2.05, 4.69) is 11.8 Å². The minimum atomic E-state index is -0.0805. The zero-order chi connectivity index (χ0) is 12.0. The van der Waals surface area contributed by atoms with E-state index in [1.165, 1.54) is 0 Å². The second-order valence-corrected chi connectivity index (χ2v) is 6.25. The van der Waals surface area contributed by atoms with Crippen LogP contribution in [0.25, 0.3) is 0 Å². The van der Waals surface area contributed by atoms with Gasteiger partial charge in [-0.25, -0.2) is 0 Å². The first-order valence-corrected chi connectivity index (χ1v) is 6.78. The van der Waals surface area contributed by atoms with Crippen molar-refractivity contribution in [1.82, 2.24) is 4.90 Å². The molecule has 0 saturated carbocycles. The fourth-order valence-corrected chi connectivity index (χ4v) is 4.56. The van der Waals surface area contributed by atoms with Crippen LogP contribution in [0, 0.1) is 22.7 Å². The predicted molar refractivity (Wildman–Crippen MR) is 63.7 cm³/mol. The molecule has 0 radical (unpaired) electrons. The molecule has 0 aromatic rings. The lowest BCUT2D eigenvalue weighted by atomic mass is 9.94. The van der Waals surface area contributed by atoms with Crippen LogP contribution >= 0.6 is 11.8 Å². The fraction of sp³-hybridized carbons (Fsp3) is 0.667. The summed E-state index contributed by atoms with van der Waals surface area (Å²) in [7, 11) is 0. The van der Waals surface area contributed by atoms with Crippen molar-refractivity contribution in [1.29, 1.82) is 10.5 Å². The third kappa shape index (κ3) is 1.37. The molecule has 0 spiro atoms. The van der Waals surface area contributed by atoms with Gasteiger partial charge in [0.15, 0.2) is 0 Å². The zero-order valence-corrected chi connectivity index (χ0v) is 10.5. The normalized spacial score (nSPS) is 39.6. The van der Waals surface area contributed by atoms with E-state index in [9.17, 15) is 0 Å². The summed E-state index contributed by atoms with van der Waals surface area (Å²) < 4.78 is 6.01. The maximum absolute atomic E-state index is 9.02. The highest BCUT2D eigenvalue weighted by Crippen LogP contribution is 2.53. The van der Waals surface area contributed by atoms with E-state index in [-0.39, 0.29) is 22.8 Å². The van der Waals surface area contributed by atoms with E-state index in [0.717, 1.165) is 30.7 Å². The maximum Gasteiger partial charge on any atom is 0.131 e. The molecule has 88 valence electrons. The number of fused-ring (bicyclic) bond motifs is 5. The van der Waals surface area contributed by atoms with Gasteiger partial charge < -0.3 is 4.74 Å². The average molecular weight is 247 g/mol. The lowest BCUT2D eigenvalue weighted by Crippen LogP contribution is -2.41. The molecule has 4 nitrogen and oxygen atoms in total. The predicted octanol–water partition coefficient (Wildman–Crippen LogP) is 1.61. The van der Waals surface area contributed by atoms with Crippen LogP contribution in [0.15, 0.2) is 11.1 Å². The van der Waals surface area contributed by atoms with Crippen LogP contribution in [0.2, 0.25) is 0 Å². The molecular formula is C12H13N3OS. The molecule has 3 fully saturated rings. The Balaban J connectivity index is 2.06. The van der Waals surface area contributed by atoms with Gasteiger partial charge in [0, 0.05) is 12.3 Å². The molecule has 0 aromatic carbocycles. The van der Waals surface area contributed by atoms with Gasteiger partial charge in [0.25, 0.3) is 0 Å². The van der Waals surface area contributed by atoms with Gasteiger partial charge in [-0.15, -0.1) is 11.8 Å². The highest BCUT2D eigenvalue weighted by molar-refractivity contribution is 8.00. The number of nitrogens with zero attached hydrogens (tertiary/aromatic N) is 3. The molecular weight excluding hydrogens is 234 g/mol. The van der Waals surface area contributed by atoms with Crippen LogP contribution in [0.1, 0.15) is 19.8 Å². The summed E-state index contributed by atoms with van der Waals surface area (Å²) in [6, 6.07) is 4.02. The summed E-state index contributed by atoms with van der Waals surface area (Å²) >= 11 is 1.88. The Morgan fingerprint density at radius 1 is 1.53 bits per heavy atom. The van der Waals surface area contributed by atoms with Gasteiger partial charge in [-0.1, -0.05) is 0 Å². The molecule has 0 aromatic heterocycles. The van der Waals surface area contributed by atoms with E-state index in [4.69, 9.17) is 15.3 Å². The number of hydrogen-bond acceptors (Lipinski definition) is 5. The molecule has 1 unspecified atom stereocenters. The maximum atomic E-state index is 9.02. The lowest BCUT2D eigenvalue weighted by molar-refractivity contribution is -0.00988. The van der Waals surface area contributed by atoms with Crippen molar-refractivity contribution in [2.24, 2.45) is 0 Å². The highest BCUT2D eigenvalue weighted by atomic mass is 32.2. The molecule has 3 heterocycles. The standard InChI is InChI=1S/C12H13N3OS/c1-12-11-9(8(6-13)7-14)2-3-10(16-11)15(12)4-5-17-12/h10-11H,2-5H2,1H3/t10-,11+,12?/m1/s1. The Morgan fingerprint density at radius 2 is 2.29 bits per heavy atom. The Labute approximate surface area is 105 Å². The second-order valence-electron chi connectivity index (χ2n) is 4.73. The summed E-state index contributed by atoms with van der Waals surface area (Å²) in [4.78, 5) is 2.32. The first-order valence-electron chi connectivity index (χ1n) is 5.80. The van der Waals surface area contributed by atoms with Crippen molar-refractivity contribution in [2.45, 2.75) is 37.0 Å². The van der Waals surface area contributed by atoms with Crippen LogP contribution in [-0.4, -0.2) is 34.4 Å². The Hall–Kier alpha value is -1.01. The van der Waals surface area contributed by atoms with E-state index in [1.54, 1.807) is 0 Å². The topological polar surface area (TPSA) is 60.0 Å². The third-order valence-electron chi connectivity index (χ3n) is 3.95. The van der Waals surface area contributed by atoms with Gasteiger partial charge in [0.1, 0.15) is 30.0 Å². The lowest BCUT2D eigenvalue weighted by Gasteiger charge is -2.30. The highest BCUT2D eigenvalue weighted by Gasteiger charge is 2.58. The molecule has 0 amide bonds. The van der Waals surface area contributed by atoms with Gasteiger partial charge in [0.2, 0.25) is 0 Å². The monoisotopic (exact) mass is 247 g/mol. The number of thioether (sulfide) groups is 1. The molecule has 5 heteroatoms. The van der Waals surface area contributed by atoms with Crippen LogP contribution in [0.4, 0.5) is 0 Å². The van der Waals surface area contributed by atoms with Crippen molar-refractivity contribution in [3.05, 3.63) is 11.1 Å². The van der Waals surface area contributed by atoms with Crippen LogP contribution in [-0.2, 0) is 4.74 Å². The molecule has 3 saturated heterocycles. The largest absolute Gasteiger partial charge is 0.353 e. The SMILES string of the molecule is CC12SCCN1[C@H]1CCC(=C(C#N)C#N)[C@@H]2O1. The summed E-state index contributed by atoms with van der Waals surface area (Å²) in [6.45, 7) is 3.22. The molecule has 0 aliphatic carbocycles. The molecule has 3 rings (SSSR count). The van der Waals surface area contributed by atoms with E-state index < -0.39 is 0 Å². The van der Waals surface area contributed by atoms with Crippen molar-refractivity contribution in [3.63, 3.8) is 0 Å². The van der Waals surface area contributed by atoms with Crippen LogP contribution < -0.4 is 0 Å². The number of allylic oxidation sites excluding steroid dienone is 1. The quantitative estimate of drug-likeness (QED) is 0.609. The van der Waals surface area contributed by atoms with Crippen molar-refractivity contribution < 1.29 is 4.74 Å². The van der Waals surface area contributed by atoms with Crippen molar-refractivity contribution in [3.8, 4) is 12.1 Å². The summed E-state index contributed by atoms with van der Waals surface area (Å²) in [5, 5.41) is 18.0. The Bertz CT molecular complexity index is 459. The number of hydrogen-bond donors (Lipinski definition) is 0.